The summed E-state index contributed by atoms with van der Waals surface area (Å²) in [5.74, 6) is 0.211. The average molecular weight is 407 g/mol. The minimum atomic E-state index is -0.321. The largest absolute Gasteiger partial charge is 0.381 e. The van der Waals surface area contributed by atoms with E-state index in [1.807, 2.05) is 4.68 Å². The molecule has 0 saturated carbocycles. The first-order chi connectivity index (χ1) is 12.1. The van der Waals surface area contributed by atoms with Gasteiger partial charge in [-0.05, 0) is 46.5 Å². The Morgan fingerprint density at radius 2 is 2.16 bits per heavy atom. The van der Waals surface area contributed by atoms with Crippen molar-refractivity contribution in [2.45, 2.75) is 25.3 Å². The molecule has 0 bridgehead atoms. The Kier molecular flexibility index (Phi) is 4.39. The predicted molar refractivity (Wildman–Crippen MR) is 94.1 cm³/mol. The van der Waals surface area contributed by atoms with Crippen LogP contribution in [-0.4, -0.2) is 33.0 Å². The van der Waals surface area contributed by atoms with Crippen LogP contribution in [-0.2, 0) is 11.2 Å². The van der Waals surface area contributed by atoms with Crippen LogP contribution in [0.2, 0.25) is 0 Å². The summed E-state index contributed by atoms with van der Waals surface area (Å²) in [5.41, 5.74) is 1.24. The molecular formula is C17H16BrFN4O2. The van der Waals surface area contributed by atoms with Gasteiger partial charge in [0.05, 0.1) is 16.7 Å². The van der Waals surface area contributed by atoms with Gasteiger partial charge in [0.25, 0.3) is 5.56 Å². The lowest BCUT2D eigenvalue weighted by atomic mass is 10.1. The lowest BCUT2D eigenvalue weighted by Crippen LogP contribution is -2.21. The van der Waals surface area contributed by atoms with Crippen LogP contribution in [0.1, 0.15) is 30.3 Å². The molecule has 1 aromatic carbocycles. The van der Waals surface area contributed by atoms with Crippen LogP contribution in [0.25, 0.3) is 11.0 Å². The Morgan fingerprint density at radius 3 is 2.92 bits per heavy atom. The molecular weight excluding hydrogens is 391 g/mol. The third kappa shape index (κ3) is 3.23. The first-order valence-corrected chi connectivity index (χ1v) is 8.89. The Morgan fingerprint density at radius 1 is 1.36 bits per heavy atom. The number of aromatic amines is 1. The number of hydrogen-bond acceptors (Lipinski definition) is 4. The van der Waals surface area contributed by atoms with E-state index in [4.69, 9.17) is 4.74 Å². The number of nitrogens with zero attached hydrogens (tertiary/aromatic N) is 3. The lowest BCUT2D eigenvalue weighted by Gasteiger charge is -2.22. The van der Waals surface area contributed by atoms with Gasteiger partial charge in [0.2, 0.25) is 0 Å². The predicted octanol–water partition coefficient (Wildman–Crippen LogP) is 2.96. The van der Waals surface area contributed by atoms with Gasteiger partial charge in [-0.1, -0.05) is 6.07 Å². The smallest absolute Gasteiger partial charge is 0.262 e. The molecule has 1 N–H and O–H groups in total. The third-order valence-corrected chi connectivity index (χ3v) is 5.01. The van der Waals surface area contributed by atoms with Gasteiger partial charge in [0, 0.05) is 19.6 Å². The van der Waals surface area contributed by atoms with Crippen LogP contribution in [0.5, 0.6) is 0 Å². The van der Waals surface area contributed by atoms with Crippen LogP contribution in [0.15, 0.2) is 33.7 Å². The molecule has 0 amide bonds. The van der Waals surface area contributed by atoms with Crippen LogP contribution >= 0.6 is 15.9 Å². The highest BCUT2D eigenvalue weighted by Crippen LogP contribution is 2.23. The Labute approximate surface area is 151 Å². The average Bonchev–Trinajstić information content (AvgIpc) is 3.03. The molecule has 0 atom stereocenters. The second kappa shape index (κ2) is 6.68. The molecule has 3 heterocycles. The monoisotopic (exact) mass is 406 g/mol. The normalized spacial score (nSPS) is 15.8. The highest BCUT2D eigenvalue weighted by atomic mass is 79.9. The van der Waals surface area contributed by atoms with E-state index in [2.05, 4.69) is 31.0 Å². The van der Waals surface area contributed by atoms with Crippen molar-refractivity contribution in [2.75, 3.05) is 13.2 Å². The molecule has 0 spiro atoms. The van der Waals surface area contributed by atoms with Crippen molar-refractivity contribution in [3.63, 3.8) is 0 Å². The molecule has 6 nitrogen and oxygen atoms in total. The van der Waals surface area contributed by atoms with Crippen LogP contribution in [0.4, 0.5) is 4.39 Å². The topological polar surface area (TPSA) is 72.8 Å². The van der Waals surface area contributed by atoms with Crippen LogP contribution < -0.4 is 5.56 Å². The third-order valence-electron chi connectivity index (χ3n) is 4.40. The van der Waals surface area contributed by atoms with E-state index in [9.17, 15) is 9.18 Å². The van der Waals surface area contributed by atoms with Crippen molar-refractivity contribution in [1.82, 2.24) is 19.7 Å². The van der Waals surface area contributed by atoms with E-state index in [0.717, 1.165) is 18.4 Å². The number of aromatic nitrogens is 4. The summed E-state index contributed by atoms with van der Waals surface area (Å²) in [5, 5.41) is 4.86. The summed E-state index contributed by atoms with van der Waals surface area (Å²) in [6, 6.07) is 4.95. The van der Waals surface area contributed by atoms with Crippen molar-refractivity contribution in [1.29, 1.82) is 0 Å². The van der Waals surface area contributed by atoms with Crippen molar-refractivity contribution >= 4 is 27.0 Å². The fraction of sp³-hybridized carbons (Fsp3) is 0.353. The number of ether oxygens (including phenoxy) is 1. The van der Waals surface area contributed by atoms with Gasteiger partial charge in [0.15, 0.2) is 5.65 Å². The lowest BCUT2D eigenvalue weighted by molar-refractivity contribution is 0.0673. The molecule has 3 aromatic rings. The molecule has 130 valence electrons. The van der Waals surface area contributed by atoms with Crippen molar-refractivity contribution < 1.29 is 9.13 Å². The van der Waals surface area contributed by atoms with E-state index < -0.39 is 0 Å². The Balaban J connectivity index is 1.72. The number of rotatable bonds is 3. The number of fused-ring (bicyclic) bond motifs is 1. The number of benzene rings is 1. The van der Waals surface area contributed by atoms with Gasteiger partial charge in [-0.25, -0.2) is 14.1 Å². The molecule has 4 rings (SSSR count). The minimum Gasteiger partial charge on any atom is -0.381 e. The first kappa shape index (κ1) is 16.4. The zero-order valence-electron chi connectivity index (χ0n) is 13.3. The molecule has 1 aliphatic rings. The fourth-order valence-corrected chi connectivity index (χ4v) is 3.53. The molecule has 0 aliphatic carbocycles. The fourth-order valence-electron chi connectivity index (χ4n) is 3.11. The molecule has 0 radical (unpaired) electrons. The molecule has 1 saturated heterocycles. The SMILES string of the molecule is O=c1[nH]c(Cc2ccc(F)c(Br)c2)nc2c1cnn2C1CCOCC1. The quantitative estimate of drug-likeness (QED) is 0.725. The minimum absolute atomic E-state index is 0.188. The number of H-pyrrole nitrogens is 1. The van der Waals surface area contributed by atoms with Gasteiger partial charge in [0.1, 0.15) is 17.0 Å². The van der Waals surface area contributed by atoms with Gasteiger partial charge in [-0.2, -0.15) is 5.10 Å². The second-order valence-electron chi connectivity index (χ2n) is 6.11. The molecule has 1 fully saturated rings. The Bertz CT molecular complexity index is 978. The first-order valence-electron chi connectivity index (χ1n) is 8.10. The summed E-state index contributed by atoms with van der Waals surface area (Å²) in [7, 11) is 0. The zero-order valence-corrected chi connectivity index (χ0v) is 14.9. The van der Waals surface area contributed by atoms with Crippen molar-refractivity contribution in [2.24, 2.45) is 0 Å². The standard InChI is InChI=1S/C17H16BrFN4O2/c18-13-7-10(1-2-14(13)19)8-15-21-16-12(17(24)22-15)9-20-23(16)11-3-5-25-6-4-11/h1-2,7,9,11H,3-6,8H2,(H,21,22,24). The van der Waals surface area contributed by atoms with Crippen LogP contribution in [0, 0.1) is 5.82 Å². The second-order valence-corrected chi connectivity index (χ2v) is 6.96. The number of hydrogen-bond donors (Lipinski definition) is 1. The van der Waals surface area contributed by atoms with E-state index in [0.29, 0.717) is 41.0 Å². The summed E-state index contributed by atoms with van der Waals surface area (Å²) in [4.78, 5) is 19.8. The van der Waals surface area contributed by atoms with E-state index in [-0.39, 0.29) is 17.4 Å². The maximum Gasteiger partial charge on any atom is 0.262 e. The summed E-state index contributed by atoms with van der Waals surface area (Å²) < 4.78 is 21.0. The van der Waals surface area contributed by atoms with E-state index >= 15 is 0 Å². The zero-order chi connectivity index (χ0) is 17.4. The van der Waals surface area contributed by atoms with Crippen molar-refractivity contribution in [3.8, 4) is 0 Å². The van der Waals surface area contributed by atoms with Crippen LogP contribution in [0.3, 0.4) is 0 Å². The summed E-state index contributed by atoms with van der Waals surface area (Å²) in [6.45, 7) is 1.37. The van der Waals surface area contributed by atoms with Gasteiger partial charge < -0.3 is 9.72 Å². The van der Waals surface area contributed by atoms with Gasteiger partial charge in [-0.3, -0.25) is 4.79 Å². The maximum absolute atomic E-state index is 13.4. The summed E-state index contributed by atoms with van der Waals surface area (Å²) in [6.07, 6.45) is 3.68. The molecule has 2 aromatic heterocycles. The number of nitrogens with one attached hydrogen (secondary N) is 1. The highest BCUT2D eigenvalue weighted by molar-refractivity contribution is 9.10. The molecule has 0 unspecified atom stereocenters. The number of halogens is 2. The van der Waals surface area contributed by atoms with Gasteiger partial charge >= 0.3 is 0 Å². The molecule has 25 heavy (non-hydrogen) atoms. The summed E-state index contributed by atoms with van der Waals surface area (Å²) >= 11 is 3.18. The Hall–Kier alpha value is -2.06. The maximum atomic E-state index is 13.4. The van der Waals surface area contributed by atoms with Gasteiger partial charge in [-0.15, -0.1) is 0 Å². The van der Waals surface area contributed by atoms with E-state index in [1.54, 1.807) is 18.3 Å². The van der Waals surface area contributed by atoms with E-state index in [1.165, 1.54) is 6.07 Å². The molecule has 1 aliphatic heterocycles. The van der Waals surface area contributed by atoms with Crippen molar-refractivity contribution in [3.05, 3.63) is 56.4 Å². The molecule has 8 heteroatoms. The highest BCUT2D eigenvalue weighted by Gasteiger charge is 2.20.